The van der Waals surface area contributed by atoms with Crippen molar-refractivity contribution in [1.82, 2.24) is 15.6 Å². The molecule has 3 N–H and O–H groups in total. The van der Waals surface area contributed by atoms with E-state index in [1.54, 1.807) is 6.20 Å². The monoisotopic (exact) mass is 299 g/mol. The van der Waals surface area contributed by atoms with Crippen molar-refractivity contribution in [3.63, 3.8) is 0 Å². The van der Waals surface area contributed by atoms with Crippen molar-refractivity contribution >= 4 is 23.3 Å². The van der Waals surface area contributed by atoms with Crippen molar-refractivity contribution in [1.29, 1.82) is 0 Å². The number of aryl methyl sites for hydroxylation is 1. The minimum atomic E-state index is -0.879. The lowest BCUT2D eigenvalue weighted by atomic mass is 10.0. The number of hydrogen-bond acceptors (Lipinski definition) is 4. The van der Waals surface area contributed by atoms with Crippen molar-refractivity contribution < 1.29 is 14.7 Å². The number of carboxylic acid groups (broad SMARTS) is 1. The minimum absolute atomic E-state index is 0.138. The highest BCUT2D eigenvalue weighted by atomic mass is 32.1. The summed E-state index contributed by atoms with van der Waals surface area (Å²) in [5, 5.41) is 15.2. The first-order valence-corrected chi connectivity index (χ1v) is 7.45. The van der Waals surface area contributed by atoms with Crippen LogP contribution >= 0.6 is 11.3 Å². The Labute approximate surface area is 122 Å². The van der Waals surface area contributed by atoms with Crippen LogP contribution in [-0.4, -0.2) is 28.6 Å². The molecule has 1 aromatic rings. The van der Waals surface area contributed by atoms with Crippen molar-refractivity contribution in [2.45, 2.75) is 39.7 Å². The Morgan fingerprint density at radius 1 is 1.50 bits per heavy atom. The Balaban J connectivity index is 2.41. The highest BCUT2D eigenvalue weighted by molar-refractivity contribution is 7.11. The second kappa shape index (κ2) is 7.84. The third kappa shape index (κ3) is 5.16. The first kappa shape index (κ1) is 16.4. The summed E-state index contributed by atoms with van der Waals surface area (Å²) >= 11 is 1.53. The minimum Gasteiger partial charge on any atom is -0.481 e. The maximum absolute atomic E-state index is 11.7. The molecular formula is C13H21N3O3S. The number of hydrogen-bond donors (Lipinski definition) is 3. The van der Waals surface area contributed by atoms with E-state index in [4.69, 9.17) is 5.11 Å². The fraction of sp³-hybridized carbons (Fsp3) is 0.615. The lowest BCUT2D eigenvalue weighted by Gasteiger charge is -2.15. The molecular weight excluding hydrogens is 278 g/mol. The van der Waals surface area contributed by atoms with Gasteiger partial charge in [0.25, 0.3) is 0 Å². The molecule has 0 aliphatic heterocycles. The molecule has 7 heteroatoms. The molecule has 0 aliphatic carbocycles. The molecule has 0 radical (unpaired) electrons. The zero-order chi connectivity index (χ0) is 15.1. The van der Waals surface area contributed by atoms with Crippen LogP contribution in [0, 0.1) is 12.8 Å². The van der Waals surface area contributed by atoms with Gasteiger partial charge in [-0.1, -0.05) is 13.3 Å². The molecule has 0 aliphatic rings. The standard InChI is InChI=1S/C13H21N3O3S/c1-4-5-10(12(17)18)7-15-13(19)16-9(3)11-14-6-8(2)20-11/h6,9-10H,4-5,7H2,1-3H3,(H,17,18)(H2,15,16,19). The molecule has 0 saturated carbocycles. The summed E-state index contributed by atoms with van der Waals surface area (Å²) in [5.41, 5.74) is 0. The quantitative estimate of drug-likeness (QED) is 0.720. The van der Waals surface area contributed by atoms with E-state index in [2.05, 4.69) is 15.6 Å². The van der Waals surface area contributed by atoms with Gasteiger partial charge < -0.3 is 15.7 Å². The number of aromatic nitrogens is 1. The molecule has 1 aromatic heterocycles. The summed E-state index contributed by atoms with van der Waals surface area (Å²) in [6, 6.07) is -0.559. The van der Waals surface area contributed by atoms with Gasteiger partial charge in [-0.2, -0.15) is 0 Å². The molecule has 112 valence electrons. The van der Waals surface area contributed by atoms with Gasteiger partial charge in [0.15, 0.2) is 0 Å². The van der Waals surface area contributed by atoms with Gasteiger partial charge in [0.2, 0.25) is 0 Å². The number of nitrogens with one attached hydrogen (secondary N) is 2. The van der Waals surface area contributed by atoms with E-state index in [1.807, 2.05) is 20.8 Å². The summed E-state index contributed by atoms with van der Waals surface area (Å²) in [5.74, 6) is -1.42. The van der Waals surface area contributed by atoms with Gasteiger partial charge in [0.1, 0.15) is 5.01 Å². The molecule has 2 atom stereocenters. The third-order valence-corrected chi connectivity index (χ3v) is 3.95. The fourth-order valence-electron chi connectivity index (χ4n) is 1.76. The van der Waals surface area contributed by atoms with Crippen LogP contribution in [0.4, 0.5) is 4.79 Å². The van der Waals surface area contributed by atoms with Crippen molar-refractivity contribution in [3.05, 3.63) is 16.1 Å². The Hall–Kier alpha value is -1.63. The highest BCUT2D eigenvalue weighted by Crippen LogP contribution is 2.18. The summed E-state index contributed by atoms with van der Waals surface area (Å²) in [7, 11) is 0. The third-order valence-electron chi connectivity index (χ3n) is 2.85. The number of nitrogens with zero attached hydrogens (tertiary/aromatic N) is 1. The van der Waals surface area contributed by atoms with E-state index >= 15 is 0 Å². The number of urea groups is 1. The van der Waals surface area contributed by atoms with E-state index in [1.165, 1.54) is 11.3 Å². The number of amides is 2. The van der Waals surface area contributed by atoms with E-state index in [9.17, 15) is 9.59 Å². The second-order valence-corrected chi connectivity index (χ2v) is 5.98. The van der Waals surface area contributed by atoms with E-state index < -0.39 is 11.9 Å². The first-order chi connectivity index (χ1) is 9.43. The number of carbonyl (C=O) groups is 2. The van der Waals surface area contributed by atoms with Gasteiger partial charge >= 0.3 is 12.0 Å². The van der Waals surface area contributed by atoms with Crippen molar-refractivity contribution in [3.8, 4) is 0 Å². The van der Waals surface area contributed by atoms with Gasteiger partial charge in [-0.25, -0.2) is 9.78 Å². The number of carbonyl (C=O) groups excluding carboxylic acids is 1. The van der Waals surface area contributed by atoms with Crippen molar-refractivity contribution in [2.24, 2.45) is 5.92 Å². The summed E-state index contributed by atoms with van der Waals surface area (Å²) < 4.78 is 0. The average molecular weight is 299 g/mol. The van der Waals surface area contributed by atoms with Crippen LogP contribution in [0.15, 0.2) is 6.20 Å². The molecule has 20 heavy (non-hydrogen) atoms. The summed E-state index contributed by atoms with van der Waals surface area (Å²) in [6.45, 7) is 5.86. The molecule has 1 heterocycles. The number of rotatable bonds is 7. The van der Waals surface area contributed by atoms with Crippen molar-refractivity contribution in [2.75, 3.05) is 6.54 Å². The number of carboxylic acids is 1. The van der Waals surface area contributed by atoms with Gasteiger partial charge in [-0.15, -0.1) is 11.3 Å². The maximum Gasteiger partial charge on any atom is 0.315 e. The normalized spacial score (nSPS) is 13.6. The maximum atomic E-state index is 11.7. The highest BCUT2D eigenvalue weighted by Gasteiger charge is 2.18. The Morgan fingerprint density at radius 3 is 2.70 bits per heavy atom. The molecule has 0 spiro atoms. The van der Waals surface area contributed by atoms with Crippen LogP contribution in [0.3, 0.4) is 0 Å². The zero-order valence-corrected chi connectivity index (χ0v) is 12.8. The lowest BCUT2D eigenvalue weighted by Crippen LogP contribution is -2.40. The summed E-state index contributed by atoms with van der Waals surface area (Å²) in [4.78, 5) is 28.0. The Morgan fingerprint density at radius 2 is 2.20 bits per heavy atom. The first-order valence-electron chi connectivity index (χ1n) is 6.63. The largest absolute Gasteiger partial charge is 0.481 e. The van der Waals surface area contributed by atoms with Crippen LogP contribution < -0.4 is 10.6 Å². The molecule has 2 unspecified atom stereocenters. The molecule has 1 rings (SSSR count). The Kier molecular flexibility index (Phi) is 6.44. The van der Waals surface area contributed by atoms with Crippen LogP contribution in [0.1, 0.15) is 42.6 Å². The van der Waals surface area contributed by atoms with Gasteiger partial charge in [-0.05, 0) is 20.3 Å². The molecule has 0 fully saturated rings. The molecule has 6 nitrogen and oxygen atoms in total. The van der Waals surface area contributed by atoms with E-state index in [0.717, 1.165) is 16.3 Å². The predicted molar refractivity (Wildman–Crippen MR) is 77.8 cm³/mol. The van der Waals surface area contributed by atoms with E-state index in [0.29, 0.717) is 6.42 Å². The Bertz CT molecular complexity index is 461. The number of thiazole rings is 1. The number of aliphatic carboxylic acids is 1. The van der Waals surface area contributed by atoms with E-state index in [-0.39, 0.29) is 18.6 Å². The molecule has 0 bridgehead atoms. The predicted octanol–water partition coefficient (Wildman–Crippen LogP) is 2.31. The smallest absolute Gasteiger partial charge is 0.315 e. The van der Waals surface area contributed by atoms with Gasteiger partial charge in [-0.3, -0.25) is 4.79 Å². The van der Waals surface area contributed by atoms with Crippen LogP contribution in [0.5, 0.6) is 0 Å². The van der Waals surface area contributed by atoms with Gasteiger partial charge in [0.05, 0.1) is 12.0 Å². The van der Waals surface area contributed by atoms with Gasteiger partial charge in [0, 0.05) is 17.6 Å². The molecule has 0 saturated heterocycles. The summed E-state index contributed by atoms with van der Waals surface area (Å²) in [6.07, 6.45) is 3.09. The van der Waals surface area contributed by atoms with Crippen LogP contribution in [0.25, 0.3) is 0 Å². The topological polar surface area (TPSA) is 91.3 Å². The van der Waals surface area contributed by atoms with Crippen LogP contribution in [-0.2, 0) is 4.79 Å². The lowest BCUT2D eigenvalue weighted by molar-refractivity contribution is -0.141. The average Bonchev–Trinajstić information content (AvgIpc) is 2.80. The SMILES string of the molecule is CCCC(CNC(=O)NC(C)c1ncc(C)s1)C(=O)O. The molecule has 2 amide bonds. The van der Waals surface area contributed by atoms with Crippen LogP contribution in [0.2, 0.25) is 0 Å². The zero-order valence-electron chi connectivity index (χ0n) is 12.0. The second-order valence-electron chi connectivity index (χ2n) is 4.71. The fourth-order valence-corrected chi connectivity index (χ4v) is 2.54. The molecule has 0 aromatic carbocycles.